The second kappa shape index (κ2) is 14.1. The molecule has 0 saturated carbocycles. The highest BCUT2D eigenvalue weighted by Gasteiger charge is 2.33. The molecule has 0 radical (unpaired) electrons. The van der Waals surface area contributed by atoms with Gasteiger partial charge < -0.3 is 27.0 Å². The molecule has 6 N–H and O–H groups in total. The van der Waals surface area contributed by atoms with E-state index in [0.717, 1.165) is 5.56 Å². The summed E-state index contributed by atoms with van der Waals surface area (Å²) in [5.41, 5.74) is 6.06. The fourth-order valence-corrected chi connectivity index (χ4v) is 3.40. The average Bonchev–Trinajstić information content (AvgIpc) is 2.79. The van der Waals surface area contributed by atoms with Crippen molar-refractivity contribution in [2.75, 3.05) is 0 Å². The summed E-state index contributed by atoms with van der Waals surface area (Å²) in [6.45, 7) is 10.1. The van der Waals surface area contributed by atoms with Crippen molar-refractivity contribution in [2.24, 2.45) is 17.6 Å². The largest absolute Gasteiger partial charge is 0.368 e. The van der Waals surface area contributed by atoms with E-state index in [-0.39, 0.29) is 24.2 Å². The van der Waals surface area contributed by atoms with E-state index >= 15 is 0 Å². The quantitative estimate of drug-likeness (QED) is 0.271. The lowest BCUT2D eigenvalue weighted by atomic mass is 9.96. The van der Waals surface area contributed by atoms with E-state index in [4.69, 9.17) is 5.73 Å². The molecule has 5 amide bonds. The maximum absolute atomic E-state index is 13.2. The van der Waals surface area contributed by atoms with E-state index in [1.54, 1.807) is 13.8 Å². The molecule has 0 saturated heterocycles. The highest BCUT2D eigenvalue weighted by molar-refractivity contribution is 5.95. The Morgan fingerprint density at radius 3 is 1.86 bits per heavy atom. The van der Waals surface area contributed by atoms with Gasteiger partial charge in [0.15, 0.2) is 0 Å². The van der Waals surface area contributed by atoms with E-state index in [9.17, 15) is 24.0 Å². The minimum Gasteiger partial charge on any atom is -0.368 e. The van der Waals surface area contributed by atoms with Gasteiger partial charge in [-0.3, -0.25) is 24.0 Å². The van der Waals surface area contributed by atoms with Crippen molar-refractivity contribution < 1.29 is 24.0 Å². The van der Waals surface area contributed by atoms with Crippen LogP contribution >= 0.6 is 0 Å². The predicted molar refractivity (Wildman–Crippen MR) is 133 cm³/mol. The molecule has 0 aliphatic rings. The second-order valence-electron chi connectivity index (χ2n) is 9.18. The molecule has 10 heteroatoms. The molecule has 0 bridgehead atoms. The summed E-state index contributed by atoms with van der Waals surface area (Å²) >= 11 is 0. The molecule has 194 valence electrons. The first-order chi connectivity index (χ1) is 16.4. The Bertz CT molecular complexity index is 889. The van der Waals surface area contributed by atoms with Crippen LogP contribution in [0.4, 0.5) is 0 Å². The number of rotatable bonds is 13. The third-order valence-electron chi connectivity index (χ3n) is 5.80. The molecule has 0 aliphatic carbocycles. The molecule has 10 nitrogen and oxygen atoms in total. The molecular formula is C25H39N5O5. The van der Waals surface area contributed by atoms with Gasteiger partial charge in [0.05, 0.1) is 0 Å². The number of primary amides is 1. The van der Waals surface area contributed by atoms with Crippen LogP contribution in [-0.2, 0) is 30.4 Å². The van der Waals surface area contributed by atoms with Gasteiger partial charge in [-0.25, -0.2) is 0 Å². The minimum atomic E-state index is -1.01. The summed E-state index contributed by atoms with van der Waals surface area (Å²) in [4.78, 5) is 62.2. The standard InChI is InChI=1S/C25H39N5O5/c1-7-15(4)21(28-17(6)31)25(35)30-20(14(2)3)24(34)29-19(13-18-11-9-8-10-12-18)23(33)27-16(5)22(26)32/h8-12,14-16,19-21H,7,13H2,1-6H3,(H2,26,32)(H,27,33)(H,28,31)(H,29,34)(H,30,35)/t15-,16-,19?,20?,21?/m0/s1. The first-order valence-electron chi connectivity index (χ1n) is 11.9. The Kier molecular flexibility index (Phi) is 11.9. The lowest BCUT2D eigenvalue weighted by molar-refractivity contribution is -0.135. The predicted octanol–water partition coefficient (Wildman–Crippen LogP) is 0.396. The van der Waals surface area contributed by atoms with E-state index in [1.807, 2.05) is 44.2 Å². The molecule has 1 aromatic rings. The molecule has 35 heavy (non-hydrogen) atoms. The van der Waals surface area contributed by atoms with Crippen molar-refractivity contribution in [3.05, 3.63) is 35.9 Å². The van der Waals surface area contributed by atoms with E-state index in [2.05, 4.69) is 21.3 Å². The zero-order chi connectivity index (χ0) is 26.7. The van der Waals surface area contributed by atoms with E-state index in [0.29, 0.717) is 6.42 Å². The number of nitrogens with one attached hydrogen (secondary N) is 4. The van der Waals surface area contributed by atoms with Crippen LogP contribution in [0.15, 0.2) is 30.3 Å². The van der Waals surface area contributed by atoms with Crippen molar-refractivity contribution in [1.82, 2.24) is 21.3 Å². The molecule has 0 aromatic heterocycles. The summed E-state index contributed by atoms with van der Waals surface area (Å²) in [5, 5.41) is 10.6. The Morgan fingerprint density at radius 1 is 0.800 bits per heavy atom. The maximum Gasteiger partial charge on any atom is 0.243 e. The summed E-state index contributed by atoms with van der Waals surface area (Å²) in [6.07, 6.45) is 0.818. The molecular weight excluding hydrogens is 450 g/mol. The summed E-state index contributed by atoms with van der Waals surface area (Å²) < 4.78 is 0. The normalized spacial score (nSPS) is 15.2. The number of carbonyl (C=O) groups is 5. The van der Waals surface area contributed by atoms with Crippen molar-refractivity contribution >= 4 is 29.5 Å². The molecule has 0 spiro atoms. The molecule has 0 aliphatic heterocycles. The van der Waals surface area contributed by atoms with Crippen LogP contribution in [0.3, 0.4) is 0 Å². The van der Waals surface area contributed by atoms with Gasteiger partial charge in [0, 0.05) is 13.3 Å². The number of amides is 5. The summed E-state index contributed by atoms with van der Waals surface area (Å²) in [7, 11) is 0. The molecule has 0 fully saturated rings. The van der Waals surface area contributed by atoms with Crippen LogP contribution in [-0.4, -0.2) is 53.7 Å². The Balaban J connectivity index is 3.10. The van der Waals surface area contributed by atoms with Gasteiger partial charge in [0.2, 0.25) is 29.5 Å². The topological polar surface area (TPSA) is 159 Å². The number of hydrogen-bond acceptors (Lipinski definition) is 5. The van der Waals surface area contributed by atoms with Crippen LogP contribution < -0.4 is 27.0 Å². The zero-order valence-electron chi connectivity index (χ0n) is 21.4. The summed E-state index contributed by atoms with van der Waals surface area (Å²) in [6, 6.07) is 5.40. The number of benzene rings is 1. The van der Waals surface area contributed by atoms with Gasteiger partial charge in [-0.15, -0.1) is 0 Å². The smallest absolute Gasteiger partial charge is 0.243 e. The lowest BCUT2D eigenvalue weighted by Gasteiger charge is -2.29. The lowest BCUT2D eigenvalue weighted by Crippen LogP contribution is -2.60. The molecule has 3 unspecified atom stereocenters. The number of carbonyl (C=O) groups excluding carboxylic acids is 5. The third-order valence-corrected chi connectivity index (χ3v) is 5.80. The summed E-state index contributed by atoms with van der Waals surface area (Å²) in [5.74, 6) is -3.11. The highest BCUT2D eigenvalue weighted by Crippen LogP contribution is 2.11. The van der Waals surface area contributed by atoms with Gasteiger partial charge in [0.1, 0.15) is 24.2 Å². The van der Waals surface area contributed by atoms with Gasteiger partial charge >= 0.3 is 0 Å². The third kappa shape index (κ3) is 9.76. The number of hydrogen-bond donors (Lipinski definition) is 5. The Labute approximate surface area is 207 Å². The van der Waals surface area contributed by atoms with E-state index in [1.165, 1.54) is 13.8 Å². The average molecular weight is 490 g/mol. The van der Waals surface area contributed by atoms with Gasteiger partial charge in [-0.05, 0) is 24.3 Å². The number of nitrogens with two attached hydrogens (primary N) is 1. The monoisotopic (exact) mass is 489 g/mol. The van der Waals surface area contributed by atoms with Gasteiger partial charge in [0.25, 0.3) is 0 Å². The fourth-order valence-electron chi connectivity index (χ4n) is 3.40. The maximum atomic E-state index is 13.2. The molecule has 0 heterocycles. The van der Waals surface area contributed by atoms with E-state index < -0.39 is 47.8 Å². The van der Waals surface area contributed by atoms with Crippen molar-refractivity contribution in [1.29, 1.82) is 0 Å². The highest BCUT2D eigenvalue weighted by atomic mass is 16.2. The fraction of sp³-hybridized carbons (Fsp3) is 0.560. The Morgan fingerprint density at radius 2 is 1.37 bits per heavy atom. The van der Waals surface area contributed by atoms with Crippen LogP contribution in [0.1, 0.15) is 53.5 Å². The van der Waals surface area contributed by atoms with Crippen molar-refractivity contribution in [3.8, 4) is 0 Å². The van der Waals surface area contributed by atoms with Crippen LogP contribution in [0.5, 0.6) is 0 Å². The molecule has 1 rings (SSSR count). The second-order valence-corrected chi connectivity index (χ2v) is 9.18. The first-order valence-corrected chi connectivity index (χ1v) is 11.9. The zero-order valence-corrected chi connectivity index (χ0v) is 21.4. The molecule has 5 atom stereocenters. The van der Waals surface area contributed by atoms with Crippen LogP contribution in [0.25, 0.3) is 0 Å². The van der Waals surface area contributed by atoms with Gasteiger partial charge in [-0.1, -0.05) is 64.4 Å². The van der Waals surface area contributed by atoms with Crippen LogP contribution in [0.2, 0.25) is 0 Å². The first kappa shape index (κ1) is 29.6. The SMILES string of the molecule is CC[C@H](C)C(NC(C)=O)C(=O)NC(C(=O)NC(Cc1ccccc1)C(=O)N[C@@H](C)C(N)=O)C(C)C. The molecule has 1 aromatic carbocycles. The Hall–Kier alpha value is -3.43. The van der Waals surface area contributed by atoms with Crippen molar-refractivity contribution in [2.45, 2.75) is 78.6 Å². The van der Waals surface area contributed by atoms with Crippen LogP contribution in [0, 0.1) is 11.8 Å². The minimum absolute atomic E-state index is 0.151. The van der Waals surface area contributed by atoms with Gasteiger partial charge in [-0.2, -0.15) is 0 Å². The van der Waals surface area contributed by atoms with Crippen molar-refractivity contribution in [3.63, 3.8) is 0 Å².